The van der Waals surface area contributed by atoms with Gasteiger partial charge in [-0.2, -0.15) is 11.8 Å². The number of rotatable bonds is 0. The first kappa shape index (κ1) is 5.41. The Bertz CT molecular complexity index is 136. The predicted molar refractivity (Wildman–Crippen MR) is 36.0 cm³/mol. The smallest absolute Gasteiger partial charge is 0.315 e. The van der Waals surface area contributed by atoms with E-state index in [9.17, 15) is 4.79 Å². The van der Waals surface area contributed by atoms with Gasteiger partial charge in [-0.15, -0.1) is 0 Å². The largest absolute Gasteiger partial charge is 0.332 e. The van der Waals surface area contributed by atoms with E-state index in [1.807, 2.05) is 0 Å². The van der Waals surface area contributed by atoms with Crippen LogP contribution < -0.4 is 10.6 Å². The number of fused-ring (bicyclic) bond motifs is 1. The third kappa shape index (κ3) is 0.775. The molecule has 2 heterocycles. The van der Waals surface area contributed by atoms with Crippen molar-refractivity contribution in [3.63, 3.8) is 0 Å². The highest BCUT2D eigenvalue weighted by molar-refractivity contribution is 8.01. The van der Waals surface area contributed by atoms with Crippen LogP contribution in [0.15, 0.2) is 0 Å². The highest BCUT2D eigenvalue weighted by Gasteiger charge is 2.35. The van der Waals surface area contributed by atoms with Crippen molar-refractivity contribution in [2.75, 3.05) is 5.75 Å². The molecule has 2 N–H and O–H groups in total. The zero-order valence-corrected chi connectivity index (χ0v) is 5.57. The minimum atomic E-state index is -0.0263. The van der Waals surface area contributed by atoms with Crippen LogP contribution in [0.2, 0.25) is 0 Å². The zero-order chi connectivity index (χ0) is 6.27. The fraction of sp³-hybridized carbons (Fsp3) is 0.600. The van der Waals surface area contributed by atoms with Gasteiger partial charge in [0, 0.05) is 11.5 Å². The van der Waals surface area contributed by atoms with E-state index in [0.29, 0.717) is 6.04 Å². The maximum atomic E-state index is 10.6. The van der Waals surface area contributed by atoms with Crippen LogP contribution in [0, 0.1) is 5.75 Å². The monoisotopic (exact) mass is 143 g/mol. The van der Waals surface area contributed by atoms with Crippen LogP contribution in [0.25, 0.3) is 0 Å². The number of hydrogen-bond donors (Lipinski definition) is 2. The Balaban J connectivity index is 2.09. The van der Waals surface area contributed by atoms with Crippen LogP contribution >= 0.6 is 11.8 Å². The highest BCUT2D eigenvalue weighted by Crippen LogP contribution is 2.25. The third-order valence-corrected chi connectivity index (χ3v) is 2.60. The second-order valence-corrected chi connectivity index (χ2v) is 3.16. The number of carbonyl (C=O) groups excluding carboxylic acids is 1. The standard InChI is InChI=1S/C5H7N2OS/c8-5-6-3-1-9-2-4(3)7-5/h1,3-4H,2H2,(H2,6,7,8). The number of carbonyl (C=O) groups is 1. The fourth-order valence-corrected chi connectivity index (χ4v) is 2.16. The summed E-state index contributed by atoms with van der Waals surface area (Å²) in [4.78, 5) is 10.6. The Labute approximate surface area is 57.6 Å². The Morgan fingerprint density at radius 3 is 3.33 bits per heavy atom. The summed E-state index contributed by atoms with van der Waals surface area (Å²) >= 11 is 1.77. The maximum absolute atomic E-state index is 10.6. The summed E-state index contributed by atoms with van der Waals surface area (Å²) in [7, 11) is 0. The van der Waals surface area contributed by atoms with E-state index in [-0.39, 0.29) is 12.1 Å². The molecule has 0 aliphatic carbocycles. The number of hydrogen-bond acceptors (Lipinski definition) is 2. The maximum Gasteiger partial charge on any atom is 0.315 e. The van der Waals surface area contributed by atoms with Crippen molar-refractivity contribution in [1.29, 1.82) is 0 Å². The second kappa shape index (κ2) is 1.80. The molecule has 2 fully saturated rings. The summed E-state index contributed by atoms with van der Waals surface area (Å²) < 4.78 is 0. The molecule has 49 valence electrons. The molecule has 2 unspecified atom stereocenters. The van der Waals surface area contributed by atoms with Gasteiger partial charge >= 0.3 is 6.03 Å². The summed E-state index contributed by atoms with van der Waals surface area (Å²) in [5.74, 6) is 3.09. The third-order valence-electron chi connectivity index (χ3n) is 1.57. The van der Waals surface area contributed by atoms with Crippen LogP contribution in [0.1, 0.15) is 0 Å². The van der Waals surface area contributed by atoms with Crippen molar-refractivity contribution in [2.45, 2.75) is 12.1 Å². The number of thioether (sulfide) groups is 1. The number of amides is 2. The molecule has 0 spiro atoms. The molecule has 9 heavy (non-hydrogen) atoms. The average molecular weight is 143 g/mol. The predicted octanol–water partition coefficient (Wildman–Crippen LogP) is -0.0550. The summed E-state index contributed by atoms with van der Waals surface area (Å²) in [5, 5.41) is 5.60. The van der Waals surface area contributed by atoms with Crippen molar-refractivity contribution in [3.05, 3.63) is 5.75 Å². The molecule has 0 aromatic rings. The molecule has 2 amide bonds. The van der Waals surface area contributed by atoms with Crippen molar-refractivity contribution < 1.29 is 4.79 Å². The molecule has 1 radical (unpaired) electrons. The summed E-state index contributed by atoms with van der Waals surface area (Å²) in [5.41, 5.74) is 0. The quantitative estimate of drug-likeness (QED) is 0.467. The van der Waals surface area contributed by atoms with Gasteiger partial charge in [0.25, 0.3) is 0 Å². The SMILES string of the molecule is O=C1NC2[CH]SCC2N1. The lowest BCUT2D eigenvalue weighted by atomic mass is 10.2. The first-order chi connectivity index (χ1) is 4.36. The van der Waals surface area contributed by atoms with Crippen LogP contribution in [0.5, 0.6) is 0 Å². The Kier molecular flexibility index (Phi) is 1.08. The van der Waals surface area contributed by atoms with Crippen molar-refractivity contribution in [3.8, 4) is 0 Å². The minimum Gasteiger partial charge on any atom is -0.332 e. The van der Waals surface area contributed by atoms with Crippen LogP contribution in [-0.2, 0) is 0 Å². The molecule has 0 aromatic carbocycles. The van der Waals surface area contributed by atoms with Gasteiger partial charge in [0.15, 0.2) is 0 Å². The van der Waals surface area contributed by atoms with Gasteiger partial charge in [0.1, 0.15) is 0 Å². The van der Waals surface area contributed by atoms with E-state index in [4.69, 9.17) is 0 Å². The molecule has 2 rings (SSSR count). The first-order valence-electron chi connectivity index (χ1n) is 2.88. The van der Waals surface area contributed by atoms with Gasteiger partial charge in [-0.3, -0.25) is 0 Å². The van der Waals surface area contributed by atoms with E-state index in [1.54, 1.807) is 11.8 Å². The van der Waals surface area contributed by atoms with Crippen LogP contribution in [-0.4, -0.2) is 23.9 Å². The summed E-state index contributed by atoms with van der Waals surface area (Å²) in [6.45, 7) is 0. The molecule has 2 saturated heterocycles. The fourth-order valence-electron chi connectivity index (χ4n) is 1.09. The van der Waals surface area contributed by atoms with Crippen LogP contribution in [0.3, 0.4) is 0 Å². The van der Waals surface area contributed by atoms with Crippen molar-refractivity contribution in [2.24, 2.45) is 0 Å². The Morgan fingerprint density at radius 1 is 1.67 bits per heavy atom. The van der Waals surface area contributed by atoms with E-state index in [0.717, 1.165) is 5.75 Å². The van der Waals surface area contributed by atoms with E-state index >= 15 is 0 Å². The first-order valence-corrected chi connectivity index (χ1v) is 3.93. The van der Waals surface area contributed by atoms with Gasteiger partial charge in [-0.1, -0.05) is 0 Å². The topological polar surface area (TPSA) is 41.1 Å². The van der Waals surface area contributed by atoms with E-state index < -0.39 is 0 Å². The lowest BCUT2D eigenvalue weighted by molar-refractivity contribution is 0.247. The van der Waals surface area contributed by atoms with E-state index in [2.05, 4.69) is 16.4 Å². The van der Waals surface area contributed by atoms with Gasteiger partial charge in [0.2, 0.25) is 0 Å². The molecule has 4 heteroatoms. The normalized spacial score (nSPS) is 39.8. The van der Waals surface area contributed by atoms with Gasteiger partial charge < -0.3 is 10.6 Å². The molecule has 2 atom stereocenters. The molecule has 0 saturated carbocycles. The van der Waals surface area contributed by atoms with Crippen LogP contribution in [0.4, 0.5) is 4.79 Å². The second-order valence-electron chi connectivity index (χ2n) is 2.22. The van der Waals surface area contributed by atoms with Gasteiger partial charge in [-0.05, 0) is 0 Å². The van der Waals surface area contributed by atoms with Gasteiger partial charge in [-0.25, -0.2) is 4.79 Å². The molecule has 3 nitrogen and oxygen atoms in total. The minimum absolute atomic E-state index is 0.0263. The van der Waals surface area contributed by atoms with Crippen molar-refractivity contribution >= 4 is 17.8 Å². The highest BCUT2D eigenvalue weighted by atomic mass is 32.2. The van der Waals surface area contributed by atoms with Crippen molar-refractivity contribution in [1.82, 2.24) is 10.6 Å². The molecular weight excluding hydrogens is 136 g/mol. The molecule has 2 aliphatic heterocycles. The number of nitrogens with one attached hydrogen (secondary N) is 2. The Morgan fingerprint density at radius 2 is 2.56 bits per heavy atom. The lowest BCUT2D eigenvalue weighted by Crippen LogP contribution is -2.29. The number of urea groups is 1. The molecule has 0 bridgehead atoms. The Hall–Kier alpha value is -0.380. The molecule has 0 aromatic heterocycles. The van der Waals surface area contributed by atoms with Gasteiger partial charge in [0.05, 0.1) is 12.1 Å². The lowest BCUT2D eigenvalue weighted by Gasteiger charge is -2.02. The zero-order valence-electron chi connectivity index (χ0n) is 4.76. The summed E-state index contributed by atoms with van der Waals surface area (Å²) in [6.07, 6.45) is 0. The average Bonchev–Trinajstić information content (AvgIpc) is 2.22. The molecular formula is C5H7N2OS. The molecule has 2 aliphatic rings. The summed E-state index contributed by atoms with van der Waals surface area (Å²) in [6, 6.07) is 0.603. The van der Waals surface area contributed by atoms with E-state index in [1.165, 1.54) is 0 Å².